The van der Waals surface area contributed by atoms with E-state index in [1.54, 1.807) is 78.9 Å². The van der Waals surface area contributed by atoms with Crippen LogP contribution in [0.25, 0.3) is 44.2 Å². The van der Waals surface area contributed by atoms with Crippen LogP contribution in [0, 0.1) is 0 Å². The maximum Gasteiger partial charge on any atom is 0.344 e. The molecular formula is C31H19NO5. The molecule has 0 saturated heterocycles. The number of fused-ring (bicyclic) bond motifs is 2. The van der Waals surface area contributed by atoms with Gasteiger partial charge in [0.15, 0.2) is 0 Å². The van der Waals surface area contributed by atoms with Gasteiger partial charge in [0.25, 0.3) is 5.91 Å². The molecule has 37 heavy (non-hydrogen) atoms. The summed E-state index contributed by atoms with van der Waals surface area (Å²) >= 11 is 0. The Kier molecular flexibility index (Phi) is 5.47. The first-order chi connectivity index (χ1) is 18.0. The Morgan fingerprint density at radius 3 is 1.76 bits per heavy atom. The molecule has 1 N–H and O–H groups in total. The first-order valence-electron chi connectivity index (χ1n) is 11.6. The fraction of sp³-hybridized carbons (Fsp3) is 0. The summed E-state index contributed by atoms with van der Waals surface area (Å²) in [5.41, 5.74) is 3.20. The topological polar surface area (TPSA) is 89.5 Å². The molecule has 0 spiro atoms. The molecule has 0 aliphatic rings. The predicted molar refractivity (Wildman–Crippen MR) is 144 cm³/mol. The Bertz CT molecular complexity index is 1920. The zero-order chi connectivity index (χ0) is 25.4. The van der Waals surface area contributed by atoms with E-state index in [9.17, 15) is 14.4 Å². The number of carbonyl (C=O) groups is 1. The SMILES string of the molecule is O=C(Nc1ccc(-c2cc3ccccc3oc2=O)cc1)c1cccc(-c2cc3ccccc3oc2=O)c1. The number of benzene rings is 4. The number of carbonyl (C=O) groups excluding carboxylic acids is 1. The molecule has 0 bridgehead atoms. The Morgan fingerprint density at radius 1 is 0.568 bits per heavy atom. The van der Waals surface area contributed by atoms with Crippen molar-refractivity contribution in [3.8, 4) is 22.3 Å². The van der Waals surface area contributed by atoms with E-state index in [2.05, 4.69) is 5.32 Å². The number of amides is 1. The van der Waals surface area contributed by atoms with Crippen molar-refractivity contribution in [2.45, 2.75) is 0 Å². The van der Waals surface area contributed by atoms with Crippen LogP contribution in [0.2, 0.25) is 0 Å². The van der Waals surface area contributed by atoms with Gasteiger partial charge in [-0.15, -0.1) is 0 Å². The van der Waals surface area contributed by atoms with E-state index in [4.69, 9.17) is 8.83 Å². The molecular weight excluding hydrogens is 466 g/mol. The first kappa shape index (κ1) is 22.2. The fourth-order valence-electron chi connectivity index (χ4n) is 4.29. The lowest BCUT2D eigenvalue weighted by Gasteiger charge is -2.09. The van der Waals surface area contributed by atoms with Gasteiger partial charge in [0.1, 0.15) is 11.2 Å². The molecule has 0 atom stereocenters. The van der Waals surface area contributed by atoms with Gasteiger partial charge in [0.2, 0.25) is 0 Å². The summed E-state index contributed by atoms with van der Waals surface area (Å²) in [6, 6.07) is 32.0. The summed E-state index contributed by atoms with van der Waals surface area (Å²) in [4.78, 5) is 38.0. The zero-order valence-electron chi connectivity index (χ0n) is 19.4. The van der Waals surface area contributed by atoms with Crippen LogP contribution in [0.1, 0.15) is 10.4 Å². The number of hydrogen-bond acceptors (Lipinski definition) is 5. The Labute approximate surface area is 210 Å². The molecule has 2 heterocycles. The number of nitrogens with one attached hydrogen (secondary N) is 1. The minimum Gasteiger partial charge on any atom is -0.422 e. The van der Waals surface area contributed by atoms with E-state index >= 15 is 0 Å². The van der Waals surface area contributed by atoms with E-state index < -0.39 is 11.3 Å². The monoisotopic (exact) mass is 485 g/mol. The second-order valence-electron chi connectivity index (χ2n) is 8.58. The molecule has 2 aromatic heterocycles. The molecule has 1 amide bonds. The van der Waals surface area contributed by atoms with Crippen LogP contribution in [0.4, 0.5) is 5.69 Å². The van der Waals surface area contributed by atoms with Gasteiger partial charge in [0.05, 0.1) is 11.1 Å². The van der Waals surface area contributed by atoms with Crippen LogP contribution >= 0.6 is 0 Å². The molecule has 4 aromatic carbocycles. The van der Waals surface area contributed by atoms with E-state index in [0.29, 0.717) is 44.7 Å². The molecule has 6 nitrogen and oxygen atoms in total. The van der Waals surface area contributed by atoms with Crippen LogP contribution in [0.3, 0.4) is 0 Å². The number of para-hydroxylation sites is 2. The van der Waals surface area contributed by atoms with Crippen molar-refractivity contribution in [1.29, 1.82) is 0 Å². The van der Waals surface area contributed by atoms with Crippen LogP contribution in [-0.2, 0) is 0 Å². The number of hydrogen-bond donors (Lipinski definition) is 1. The molecule has 0 aliphatic carbocycles. The predicted octanol–water partition coefficient (Wildman–Crippen LogP) is 6.49. The van der Waals surface area contributed by atoms with Gasteiger partial charge in [-0.05, 0) is 59.7 Å². The molecule has 6 heteroatoms. The highest BCUT2D eigenvalue weighted by Crippen LogP contribution is 2.24. The maximum atomic E-state index is 13.0. The second kappa shape index (κ2) is 9.09. The molecule has 0 saturated carbocycles. The molecule has 178 valence electrons. The number of rotatable bonds is 4. The van der Waals surface area contributed by atoms with Crippen molar-refractivity contribution < 1.29 is 13.6 Å². The van der Waals surface area contributed by atoms with Crippen molar-refractivity contribution in [1.82, 2.24) is 0 Å². The summed E-state index contributed by atoms with van der Waals surface area (Å²) in [6.07, 6.45) is 0. The third kappa shape index (κ3) is 4.32. The largest absolute Gasteiger partial charge is 0.422 e. The van der Waals surface area contributed by atoms with E-state index in [-0.39, 0.29) is 5.91 Å². The second-order valence-corrected chi connectivity index (χ2v) is 8.58. The molecule has 0 radical (unpaired) electrons. The lowest BCUT2D eigenvalue weighted by molar-refractivity contribution is 0.102. The highest BCUT2D eigenvalue weighted by Gasteiger charge is 2.13. The molecule has 0 unspecified atom stereocenters. The zero-order valence-corrected chi connectivity index (χ0v) is 19.4. The van der Waals surface area contributed by atoms with Gasteiger partial charge in [-0.2, -0.15) is 0 Å². The Hall–Kier alpha value is -5.23. The minimum atomic E-state index is -0.468. The molecule has 6 aromatic rings. The maximum absolute atomic E-state index is 13.0. The molecule has 0 aliphatic heterocycles. The third-order valence-corrected chi connectivity index (χ3v) is 6.17. The lowest BCUT2D eigenvalue weighted by atomic mass is 10.0. The summed E-state index contributed by atoms with van der Waals surface area (Å²) in [5.74, 6) is -0.329. The van der Waals surface area contributed by atoms with Gasteiger partial charge in [-0.3, -0.25) is 4.79 Å². The van der Waals surface area contributed by atoms with Crippen molar-refractivity contribution in [3.63, 3.8) is 0 Å². The summed E-state index contributed by atoms with van der Waals surface area (Å²) in [6.45, 7) is 0. The van der Waals surface area contributed by atoms with Crippen LogP contribution in [0.5, 0.6) is 0 Å². The minimum absolute atomic E-state index is 0.329. The summed E-state index contributed by atoms with van der Waals surface area (Å²) in [7, 11) is 0. The van der Waals surface area contributed by atoms with Gasteiger partial charge < -0.3 is 14.2 Å². The first-order valence-corrected chi connectivity index (χ1v) is 11.6. The van der Waals surface area contributed by atoms with Crippen LogP contribution < -0.4 is 16.6 Å². The standard InChI is InChI=1S/C31H19NO5/c33-29(23-9-5-8-20(16-23)26-18-22-7-2-4-11-28(22)37-31(26)35)32-24-14-12-19(13-15-24)25-17-21-6-1-3-10-27(21)36-30(25)34/h1-18H,(H,32,33). The van der Waals surface area contributed by atoms with Crippen LogP contribution in [-0.4, -0.2) is 5.91 Å². The summed E-state index contributed by atoms with van der Waals surface area (Å²) < 4.78 is 10.9. The normalized spacial score (nSPS) is 11.0. The average molecular weight is 485 g/mol. The quantitative estimate of drug-likeness (QED) is 0.289. The third-order valence-electron chi connectivity index (χ3n) is 6.17. The van der Waals surface area contributed by atoms with Crippen molar-refractivity contribution in [3.05, 3.63) is 136 Å². The Morgan fingerprint density at radius 2 is 1.14 bits per heavy atom. The van der Waals surface area contributed by atoms with Gasteiger partial charge >= 0.3 is 11.3 Å². The Balaban J connectivity index is 1.25. The van der Waals surface area contributed by atoms with Gasteiger partial charge in [-0.25, -0.2) is 9.59 Å². The highest BCUT2D eigenvalue weighted by molar-refractivity contribution is 6.05. The van der Waals surface area contributed by atoms with E-state index in [1.165, 1.54) is 0 Å². The number of anilines is 1. The van der Waals surface area contributed by atoms with Gasteiger partial charge in [-0.1, -0.05) is 60.7 Å². The van der Waals surface area contributed by atoms with Crippen molar-refractivity contribution in [2.75, 3.05) is 5.32 Å². The lowest BCUT2D eigenvalue weighted by Crippen LogP contribution is -2.12. The van der Waals surface area contributed by atoms with Crippen molar-refractivity contribution in [2.24, 2.45) is 0 Å². The summed E-state index contributed by atoms with van der Waals surface area (Å²) in [5, 5.41) is 4.49. The van der Waals surface area contributed by atoms with Crippen LogP contribution in [0.15, 0.2) is 128 Å². The van der Waals surface area contributed by atoms with Gasteiger partial charge in [0, 0.05) is 22.0 Å². The average Bonchev–Trinajstić information content (AvgIpc) is 2.93. The van der Waals surface area contributed by atoms with E-state index in [1.807, 2.05) is 30.3 Å². The van der Waals surface area contributed by atoms with Crippen molar-refractivity contribution >= 4 is 33.5 Å². The smallest absolute Gasteiger partial charge is 0.344 e. The molecule has 6 rings (SSSR count). The molecule has 0 fully saturated rings. The van der Waals surface area contributed by atoms with E-state index in [0.717, 1.165) is 10.8 Å². The highest BCUT2D eigenvalue weighted by atomic mass is 16.4. The fourth-order valence-corrected chi connectivity index (χ4v) is 4.29.